The molecule has 3 aliphatic carbocycles. The van der Waals surface area contributed by atoms with E-state index in [1.807, 2.05) is 0 Å². The normalized spacial score (nSPS) is 14.2. The first-order valence-corrected chi connectivity index (χ1v) is 21.6. The van der Waals surface area contributed by atoms with Crippen LogP contribution in [0.4, 0.5) is 17.1 Å². The van der Waals surface area contributed by atoms with Crippen molar-refractivity contribution in [3.8, 4) is 55.6 Å². The van der Waals surface area contributed by atoms with Crippen LogP contribution < -0.4 is 4.90 Å². The van der Waals surface area contributed by atoms with Gasteiger partial charge in [0, 0.05) is 22.4 Å². The van der Waals surface area contributed by atoms with E-state index < -0.39 is 5.41 Å². The van der Waals surface area contributed by atoms with E-state index in [9.17, 15) is 0 Å². The van der Waals surface area contributed by atoms with Gasteiger partial charge in [-0.25, -0.2) is 0 Å². The fourth-order valence-electron chi connectivity index (χ4n) is 11.3. The van der Waals surface area contributed by atoms with Gasteiger partial charge in [-0.3, -0.25) is 0 Å². The number of para-hydroxylation sites is 1. The summed E-state index contributed by atoms with van der Waals surface area (Å²) >= 11 is 0. The highest BCUT2D eigenvalue weighted by Crippen LogP contribution is 2.65. The van der Waals surface area contributed by atoms with Crippen molar-refractivity contribution in [2.24, 2.45) is 0 Å². The lowest BCUT2D eigenvalue weighted by Gasteiger charge is -2.33. The minimum absolute atomic E-state index is 0.119. The topological polar surface area (TPSA) is 3.24 Å². The van der Waals surface area contributed by atoms with Crippen molar-refractivity contribution >= 4 is 17.1 Å². The summed E-state index contributed by atoms with van der Waals surface area (Å²) in [5.41, 5.74) is 26.5. The molecule has 0 saturated carbocycles. The second-order valence-electron chi connectivity index (χ2n) is 17.8. The molecule has 0 heterocycles. The number of hydrogen-bond acceptors (Lipinski definition) is 1. The van der Waals surface area contributed by atoms with Gasteiger partial charge in [-0.15, -0.1) is 0 Å². The number of anilines is 3. The Hall–Kier alpha value is -7.22. The average Bonchev–Trinajstić information content (AvgIpc) is 3.85. The lowest BCUT2D eigenvalue weighted by Crippen LogP contribution is -2.27. The van der Waals surface area contributed by atoms with Gasteiger partial charge in [-0.2, -0.15) is 0 Å². The van der Waals surface area contributed by atoms with Gasteiger partial charge >= 0.3 is 0 Å². The molecule has 0 radical (unpaired) electrons. The van der Waals surface area contributed by atoms with E-state index in [-0.39, 0.29) is 5.41 Å². The first-order valence-electron chi connectivity index (χ1n) is 21.6. The predicted octanol–water partition coefficient (Wildman–Crippen LogP) is 15.8. The van der Waals surface area contributed by atoms with Crippen LogP contribution in [0.3, 0.4) is 0 Å². The summed E-state index contributed by atoms with van der Waals surface area (Å²) in [4.78, 5) is 2.47. The summed E-state index contributed by atoms with van der Waals surface area (Å²) in [5.74, 6) is 0. The van der Waals surface area contributed by atoms with Crippen molar-refractivity contribution in [1.82, 2.24) is 0 Å². The Kier molecular flexibility index (Phi) is 7.69. The van der Waals surface area contributed by atoms with Crippen LogP contribution in [-0.2, 0) is 10.8 Å². The molecule has 0 saturated heterocycles. The fourth-order valence-corrected chi connectivity index (χ4v) is 11.3. The van der Waals surface area contributed by atoms with E-state index in [0.717, 1.165) is 17.1 Å². The number of rotatable bonds is 5. The largest absolute Gasteiger partial charge is 0.310 e. The number of nitrogens with zero attached hydrogens (tertiary/aromatic N) is 1. The summed E-state index contributed by atoms with van der Waals surface area (Å²) in [7, 11) is 0. The van der Waals surface area contributed by atoms with Crippen molar-refractivity contribution < 1.29 is 0 Å². The van der Waals surface area contributed by atoms with E-state index in [1.54, 1.807) is 0 Å². The van der Waals surface area contributed by atoms with Crippen LogP contribution in [0, 0.1) is 13.8 Å². The molecular weight excluding hydrogens is 735 g/mol. The molecule has 1 nitrogen and oxygen atoms in total. The molecule has 0 fully saturated rings. The van der Waals surface area contributed by atoms with Crippen molar-refractivity contribution in [3.63, 3.8) is 0 Å². The van der Waals surface area contributed by atoms with Crippen molar-refractivity contribution in [1.29, 1.82) is 0 Å². The third kappa shape index (κ3) is 5.01. The molecule has 0 atom stereocenters. The molecule has 61 heavy (non-hydrogen) atoms. The van der Waals surface area contributed by atoms with Crippen molar-refractivity contribution in [2.45, 2.75) is 38.5 Å². The van der Waals surface area contributed by atoms with Gasteiger partial charge in [0.1, 0.15) is 0 Å². The molecule has 3 aliphatic rings. The molecule has 9 aromatic carbocycles. The number of hydrogen-bond donors (Lipinski definition) is 0. The van der Waals surface area contributed by atoms with Gasteiger partial charge in [0.2, 0.25) is 0 Å². The smallest absolute Gasteiger partial charge is 0.0731 e. The van der Waals surface area contributed by atoms with Gasteiger partial charge in [0.25, 0.3) is 0 Å². The third-order valence-corrected chi connectivity index (χ3v) is 14.0. The maximum Gasteiger partial charge on any atom is 0.0731 e. The predicted molar refractivity (Wildman–Crippen MR) is 255 cm³/mol. The molecule has 0 amide bonds. The molecule has 1 spiro atoms. The zero-order valence-electron chi connectivity index (χ0n) is 35.0. The van der Waals surface area contributed by atoms with Gasteiger partial charge in [-0.05, 0) is 128 Å². The molecular formula is C60H45N. The van der Waals surface area contributed by atoms with E-state index >= 15 is 0 Å². The van der Waals surface area contributed by atoms with E-state index in [2.05, 4.69) is 233 Å². The Bertz CT molecular complexity index is 3190. The first-order chi connectivity index (χ1) is 29.8. The Labute approximate surface area is 359 Å². The SMILES string of the molecule is Cc1ccc2c(c1)C1(c3cc(C)ccc3-2)c2ccccc2-c2cccc(-c3ccc(N(c4ccc5c(c4)C(C)(C)c4ccccc4-5)c4ccccc4-c4ccccc4)cc3)c21. The second-order valence-corrected chi connectivity index (χ2v) is 17.8. The van der Waals surface area contributed by atoms with E-state index in [1.165, 1.54) is 100 Å². The minimum Gasteiger partial charge on any atom is -0.310 e. The molecule has 12 rings (SSSR count). The quantitative estimate of drug-likeness (QED) is 0.168. The highest BCUT2D eigenvalue weighted by Gasteiger charge is 2.53. The van der Waals surface area contributed by atoms with E-state index in [4.69, 9.17) is 0 Å². The van der Waals surface area contributed by atoms with Crippen LogP contribution >= 0.6 is 0 Å². The van der Waals surface area contributed by atoms with Crippen molar-refractivity contribution in [3.05, 3.63) is 245 Å². The Morgan fingerprint density at radius 3 is 1.52 bits per heavy atom. The van der Waals surface area contributed by atoms with Crippen LogP contribution in [-0.4, -0.2) is 0 Å². The van der Waals surface area contributed by atoms with Gasteiger partial charge in [0.15, 0.2) is 0 Å². The molecule has 0 bridgehead atoms. The Morgan fingerprint density at radius 2 is 0.820 bits per heavy atom. The molecule has 0 aromatic heterocycles. The maximum atomic E-state index is 2.47. The lowest BCUT2D eigenvalue weighted by molar-refractivity contribution is 0.660. The lowest BCUT2D eigenvalue weighted by atomic mass is 9.68. The standard InChI is InChI=1S/C60H45N/c1-38-25-32-49-50-33-26-39(2)36-56(50)60(55(49)35-38)53-23-12-9-19-47(53)51-21-14-20-45(58(51)60)41-27-29-42(30-28-41)61(57-24-13-10-17-44(57)40-15-6-5-7-16-40)43-31-34-48-46-18-8-11-22-52(46)59(3,4)54(48)37-43/h5-37H,1-4H3. The van der Waals surface area contributed by atoms with Crippen LogP contribution in [0.1, 0.15) is 58.4 Å². The monoisotopic (exact) mass is 779 g/mol. The molecule has 9 aromatic rings. The number of benzene rings is 9. The molecule has 0 aliphatic heterocycles. The molecule has 1 heteroatoms. The Morgan fingerprint density at radius 1 is 0.328 bits per heavy atom. The Balaban J connectivity index is 1.06. The third-order valence-electron chi connectivity index (χ3n) is 14.0. The minimum atomic E-state index is -0.431. The van der Waals surface area contributed by atoms with Gasteiger partial charge in [-0.1, -0.05) is 195 Å². The highest BCUT2D eigenvalue weighted by molar-refractivity contribution is 5.99. The molecule has 0 unspecified atom stereocenters. The van der Waals surface area contributed by atoms with Crippen LogP contribution in [0.5, 0.6) is 0 Å². The number of aryl methyl sites for hydroxylation is 2. The summed E-state index contributed by atoms with van der Waals surface area (Å²) in [6, 6.07) is 75.3. The number of fused-ring (bicyclic) bond motifs is 13. The highest BCUT2D eigenvalue weighted by atomic mass is 15.1. The second kappa shape index (κ2) is 13.1. The zero-order chi connectivity index (χ0) is 41.0. The first kappa shape index (κ1) is 35.7. The summed E-state index contributed by atoms with van der Waals surface area (Å²) in [5, 5.41) is 0. The zero-order valence-corrected chi connectivity index (χ0v) is 35.0. The summed E-state index contributed by atoms with van der Waals surface area (Å²) < 4.78 is 0. The van der Waals surface area contributed by atoms with Gasteiger partial charge < -0.3 is 4.90 Å². The fraction of sp³-hybridized carbons (Fsp3) is 0.100. The average molecular weight is 780 g/mol. The van der Waals surface area contributed by atoms with Gasteiger partial charge in [0.05, 0.1) is 11.1 Å². The summed E-state index contributed by atoms with van der Waals surface area (Å²) in [6.07, 6.45) is 0. The summed E-state index contributed by atoms with van der Waals surface area (Å²) in [6.45, 7) is 9.20. The van der Waals surface area contributed by atoms with Crippen LogP contribution in [0.2, 0.25) is 0 Å². The maximum absolute atomic E-state index is 2.47. The van der Waals surface area contributed by atoms with E-state index in [0.29, 0.717) is 0 Å². The van der Waals surface area contributed by atoms with Crippen LogP contribution in [0.15, 0.2) is 200 Å². The van der Waals surface area contributed by atoms with Crippen molar-refractivity contribution in [2.75, 3.05) is 4.90 Å². The molecule has 0 N–H and O–H groups in total. The van der Waals surface area contributed by atoms with Crippen LogP contribution in [0.25, 0.3) is 55.6 Å². The molecule has 290 valence electrons.